The summed E-state index contributed by atoms with van der Waals surface area (Å²) in [5.74, 6) is -0.667. The van der Waals surface area contributed by atoms with Gasteiger partial charge in [-0.05, 0) is 48.0 Å². The van der Waals surface area contributed by atoms with Crippen LogP contribution in [0.4, 0.5) is 8.78 Å². The maximum absolute atomic E-state index is 14.1. The van der Waals surface area contributed by atoms with E-state index in [9.17, 15) is 8.78 Å². The van der Waals surface area contributed by atoms with Crippen LogP contribution >= 0.6 is 15.9 Å². The Labute approximate surface area is 120 Å². The van der Waals surface area contributed by atoms with Crippen molar-refractivity contribution in [2.75, 3.05) is 13.2 Å². The molecule has 0 spiro atoms. The number of rotatable bonds is 4. The van der Waals surface area contributed by atoms with Crippen LogP contribution in [-0.2, 0) is 4.74 Å². The number of hydrogen-bond donors (Lipinski definition) is 1. The van der Waals surface area contributed by atoms with Crippen LogP contribution in [-0.4, -0.2) is 19.3 Å². The van der Waals surface area contributed by atoms with E-state index in [-0.39, 0.29) is 22.5 Å². The summed E-state index contributed by atoms with van der Waals surface area (Å²) in [6, 6.07) is 2.25. The zero-order chi connectivity index (χ0) is 14.0. The predicted octanol–water partition coefficient (Wildman–Crippen LogP) is 3.80. The average Bonchev–Trinajstić information content (AvgIpc) is 2.77. The van der Waals surface area contributed by atoms with Gasteiger partial charge in [-0.3, -0.25) is 0 Å². The summed E-state index contributed by atoms with van der Waals surface area (Å²) in [4.78, 5) is 0. The van der Waals surface area contributed by atoms with E-state index in [2.05, 4.69) is 21.2 Å². The van der Waals surface area contributed by atoms with Crippen molar-refractivity contribution >= 4 is 15.9 Å². The molecule has 0 saturated carbocycles. The lowest BCUT2D eigenvalue weighted by atomic mass is 9.88. The van der Waals surface area contributed by atoms with Gasteiger partial charge in [-0.15, -0.1) is 0 Å². The minimum Gasteiger partial charge on any atom is -0.378 e. The second-order valence-corrected chi connectivity index (χ2v) is 5.71. The molecule has 2 nitrogen and oxygen atoms in total. The van der Waals surface area contributed by atoms with E-state index in [1.54, 1.807) is 0 Å². The zero-order valence-electron chi connectivity index (χ0n) is 11.1. The van der Waals surface area contributed by atoms with Crippen LogP contribution < -0.4 is 5.32 Å². The van der Waals surface area contributed by atoms with Gasteiger partial charge in [-0.25, -0.2) is 8.78 Å². The van der Waals surface area contributed by atoms with E-state index < -0.39 is 11.6 Å². The first kappa shape index (κ1) is 14.9. The van der Waals surface area contributed by atoms with Crippen LogP contribution in [0.2, 0.25) is 0 Å². The Bertz CT molecular complexity index is 455. The number of hydrogen-bond acceptors (Lipinski definition) is 2. The Morgan fingerprint density at radius 1 is 1.42 bits per heavy atom. The Morgan fingerprint density at radius 2 is 2.16 bits per heavy atom. The first-order valence-electron chi connectivity index (χ1n) is 6.54. The third-order valence-corrected chi connectivity index (χ3v) is 4.27. The first-order valence-corrected chi connectivity index (χ1v) is 7.33. The molecule has 1 N–H and O–H groups in total. The molecule has 1 aliphatic rings. The molecule has 0 radical (unpaired) electrons. The van der Waals surface area contributed by atoms with E-state index in [0.717, 1.165) is 6.42 Å². The van der Waals surface area contributed by atoms with Crippen molar-refractivity contribution in [3.05, 3.63) is 33.8 Å². The van der Waals surface area contributed by atoms with Crippen molar-refractivity contribution in [3.8, 4) is 0 Å². The molecule has 1 aromatic rings. The molecule has 0 bridgehead atoms. The monoisotopic (exact) mass is 333 g/mol. The van der Waals surface area contributed by atoms with Crippen molar-refractivity contribution < 1.29 is 13.5 Å². The lowest BCUT2D eigenvalue weighted by Crippen LogP contribution is -2.32. The molecule has 3 atom stereocenters. The van der Waals surface area contributed by atoms with Crippen molar-refractivity contribution in [1.82, 2.24) is 5.32 Å². The normalized spacial score (nSPS) is 24.7. The van der Waals surface area contributed by atoms with Crippen molar-refractivity contribution in [3.63, 3.8) is 0 Å². The molecule has 1 heterocycles. The minimum atomic E-state index is -0.439. The third kappa shape index (κ3) is 3.15. The largest absolute Gasteiger partial charge is 0.378 e. The maximum Gasteiger partial charge on any atom is 0.137 e. The number of ether oxygens (including phenoxy) is 1. The summed E-state index contributed by atoms with van der Waals surface area (Å²) in [6.45, 7) is 5.31. The van der Waals surface area contributed by atoms with E-state index in [1.807, 2.05) is 13.8 Å². The highest BCUT2D eigenvalue weighted by atomic mass is 79.9. The number of halogens is 3. The molecule has 2 rings (SSSR count). The standard InChI is InChI=1S/C14H18BrF2NO/c1-3-18-14(9-4-5-19-8(9)2)10-6-13(17)11(15)7-12(10)16/h6-9,14,18H,3-5H2,1-2H3. The highest BCUT2D eigenvalue weighted by Crippen LogP contribution is 2.35. The Morgan fingerprint density at radius 3 is 2.74 bits per heavy atom. The molecule has 1 saturated heterocycles. The van der Waals surface area contributed by atoms with Crippen LogP contribution in [0.15, 0.2) is 16.6 Å². The van der Waals surface area contributed by atoms with E-state index in [4.69, 9.17) is 4.74 Å². The lowest BCUT2D eigenvalue weighted by molar-refractivity contribution is 0.0951. The Balaban J connectivity index is 2.35. The van der Waals surface area contributed by atoms with Crippen LogP contribution in [0.1, 0.15) is 31.9 Å². The number of nitrogens with one attached hydrogen (secondary N) is 1. The maximum atomic E-state index is 14.1. The summed E-state index contributed by atoms with van der Waals surface area (Å²) in [5.41, 5.74) is 0.380. The molecule has 1 aliphatic heterocycles. The van der Waals surface area contributed by atoms with Gasteiger partial charge >= 0.3 is 0 Å². The Kier molecular flexibility index (Phi) is 4.92. The summed E-state index contributed by atoms with van der Waals surface area (Å²) >= 11 is 3.00. The van der Waals surface area contributed by atoms with Gasteiger partial charge in [-0.1, -0.05) is 6.92 Å². The van der Waals surface area contributed by atoms with Gasteiger partial charge < -0.3 is 10.1 Å². The van der Waals surface area contributed by atoms with Gasteiger partial charge in [0.05, 0.1) is 10.6 Å². The SMILES string of the molecule is CCNC(c1cc(F)c(Br)cc1F)C1CCOC1C. The highest BCUT2D eigenvalue weighted by molar-refractivity contribution is 9.10. The molecule has 0 amide bonds. The molecule has 106 valence electrons. The minimum absolute atomic E-state index is 0.0511. The fourth-order valence-electron chi connectivity index (χ4n) is 2.67. The number of benzene rings is 1. The molecule has 3 unspecified atom stereocenters. The van der Waals surface area contributed by atoms with Crippen LogP contribution in [0.25, 0.3) is 0 Å². The fourth-order valence-corrected chi connectivity index (χ4v) is 2.99. The van der Waals surface area contributed by atoms with Crippen LogP contribution in [0.3, 0.4) is 0 Å². The van der Waals surface area contributed by atoms with E-state index in [0.29, 0.717) is 18.7 Å². The molecule has 0 aromatic heterocycles. The molecular formula is C14H18BrF2NO. The first-order chi connectivity index (χ1) is 9.04. The highest BCUT2D eigenvalue weighted by Gasteiger charge is 2.34. The van der Waals surface area contributed by atoms with E-state index >= 15 is 0 Å². The van der Waals surface area contributed by atoms with Crippen molar-refractivity contribution in [2.45, 2.75) is 32.4 Å². The smallest absolute Gasteiger partial charge is 0.137 e. The van der Waals surface area contributed by atoms with Gasteiger partial charge in [0.2, 0.25) is 0 Å². The van der Waals surface area contributed by atoms with Crippen LogP contribution in [0, 0.1) is 17.6 Å². The Hall–Kier alpha value is -0.520. The lowest BCUT2D eigenvalue weighted by Gasteiger charge is -2.27. The second kappa shape index (κ2) is 6.29. The van der Waals surface area contributed by atoms with Gasteiger partial charge in [0.25, 0.3) is 0 Å². The molecule has 5 heteroatoms. The van der Waals surface area contributed by atoms with Crippen LogP contribution in [0.5, 0.6) is 0 Å². The predicted molar refractivity (Wildman–Crippen MR) is 74.0 cm³/mol. The molecule has 1 aromatic carbocycles. The van der Waals surface area contributed by atoms with Crippen molar-refractivity contribution in [2.24, 2.45) is 5.92 Å². The molecule has 0 aliphatic carbocycles. The average molecular weight is 334 g/mol. The zero-order valence-corrected chi connectivity index (χ0v) is 12.6. The molecular weight excluding hydrogens is 316 g/mol. The van der Waals surface area contributed by atoms with Gasteiger partial charge in [0.15, 0.2) is 0 Å². The van der Waals surface area contributed by atoms with E-state index in [1.165, 1.54) is 12.1 Å². The summed E-state index contributed by atoms with van der Waals surface area (Å²) in [5, 5.41) is 3.26. The van der Waals surface area contributed by atoms with Gasteiger partial charge in [0, 0.05) is 24.1 Å². The van der Waals surface area contributed by atoms with Gasteiger partial charge in [-0.2, -0.15) is 0 Å². The molecule has 1 fully saturated rings. The summed E-state index contributed by atoms with van der Waals surface area (Å²) < 4.78 is 33.5. The fraction of sp³-hybridized carbons (Fsp3) is 0.571. The van der Waals surface area contributed by atoms with Crippen molar-refractivity contribution in [1.29, 1.82) is 0 Å². The molecule has 19 heavy (non-hydrogen) atoms. The summed E-state index contributed by atoms with van der Waals surface area (Å²) in [7, 11) is 0. The summed E-state index contributed by atoms with van der Waals surface area (Å²) in [6.07, 6.45) is 0.908. The topological polar surface area (TPSA) is 21.3 Å². The second-order valence-electron chi connectivity index (χ2n) is 4.85. The van der Waals surface area contributed by atoms with Gasteiger partial charge in [0.1, 0.15) is 11.6 Å². The third-order valence-electron chi connectivity index (χ3n) is 3.66. The quantitative estimate of drug-likeness (QED) is 0.846.